The van der Waals surface area contributed by atoms with Gasteiger partial charge in [-0.05, 0) is 20.0 Å². The monoisotopic (exact) mass is 293 g/mol. The molecule has 2 heterocycles. The van der Waals surface area contributed by atoms with Crippen molar-refractivity contribution in [3.8, 4) is 0 Å². The SMILES string of the molecule is CCNc1cn2ccnc2c(SCCN(CC)CC)n1. The van der Waals surface area contributed by atoms with Gasteiger partial charge in [0.2, 0.25) is 0 Å². The molecule has 0 aliphatic rings. The molecule has 0 aliphatic heterocycles. The fourth-order valence-corrected chi connectivity index (χ4v) is 3.07. The topological polar surface area (TPSA) is 45.5 Å². The maximum absolute atomic E-state index is 4.66. The highest BCUT2D eigenvalue weighted by molar-refractivity contribution is 7.99. The van der Waals surface area contributed by atoms with Crippen molar-refractivity contribution in [3.63, 3.8) is 0 Å². The van der Waals surface area contributed by atoms with Crippen molar-refractivity contribution in [1.29, 1.82) is 0 Å². The summed E-state index contributed by atoms with van der Waals surface area (Å²) < 4.78 is 2.03. The van der Waals surface area contributed by atoms with E-state index in [0.29, 0.717) is 0 Å². The highest BCUT2D eigenvalue weighted by Crippen LogP contribution is 2.22. The highest BCUT2D eigenvalue weighted by atomic mass is 32.2. The first kappa shape index (κ1) is 15.1. The minimum Gasteiger partial charge on any atom is -0.369 e. The van der Waals surface area contributed by atoms with Crippen LogP contribution in [0.1, 0.15) is 20.8 Å². The summed E-state index contributed by atoms with van der Waals surface area (Å²) in [5.74, 6) is 1.94. The van der Waals surface area contributed by atoms with Crippen molar-refractivity contribution in [1.82, 2.24) is 19.3 Å². The third kappa shape index (κ3) is 3.64. The van der Waals surface area contributed by atoms with E-state index in [9.17, 15) is 0 Å². The number of fused-ring (bicyclic) bond motifs is 1. The standard InChI is InChI=1S/C14H23N5S/c1-4-15-12-11-19-8-7-16-13(19)14(17-12)20-10-9-18(5-2)6-3/h7-8,11,15H,4-6,9-10H2,1-3H3. The van der Waals surface area contributed by atoms with Gasteiger partial charge in [-0.1, -0.05) is 13.8 Å². The van der Waals surface area contributed by atoms with Gasteiger partial charge in [0, 0.05) is 31.2 Å². The van der Waals surface area contributed by atoms with Gasteiger partial charge in [-0.15, -0.1) is 11.8 Å². The van der Waals surface area contributed by atoms with Crippen LogP contribution >= 0.6 is 11.8 Å². The molecule has 2 aromatic heterocycles. The Morgan fingerprint density at radius 3 is 2.80 bits per heavy atom. The summed E-state index contributed by atoms with van der Waals surface area (Å²) in [6.07, 6.45) is 5.77. The van der Waals surface area contributed by atoms with Crippen molar-refractivity contribution >= 4 is 23.2 Å². The quantitative estimate of drug-likeness (QED) is 0.758. The summed E-state index contributed by atoms with van der Waals surface area (Å²) in [5.41, 5.74) is 0.941. The van der Waals surface area contributed by atoms with Gasteiger partial charge in [0.05, 0.1) is 6.20 Å². The smallest absolute Gasteiger partial charge is 0.169 e. The summed E-state index contributed by atoms with van der Waals surface area (Å²) in [5, 5.41) is 4.27. The molecule has 0 spiro atoms. The summed E-state index contributed by atoms with van der Waals surface area (Å²) in [4.78, 5) is 11.5. The van der Waals surface area contributed by atoms with E-state index >= 15 is 0 Å². The van der Waals surface area contributed by atoms with E-state index in [4.69, 9.17) is 0 Å². The Morgan fingerprint density at radius 1 is 1.30 bits per heavy atom. The summed E-state index contributed by atoms with van der Waals surface area (Å²) >= 11 is 1.78. The molecular weight excluding hydrogens is 270 g/mol. The number of thioether (sulfide) groups is 1. The molecule has 0 amide bonds. The predicted molar refractivity (Wildman–Crippen MR) is 85.7 cm³/mol. The van der Waals surface area contributed by atoms with Crippen LogP contribution in [-0.4, -0.2) is 51.2 Å². The number of aromatic nitrogens is 3. The van der Waals surface area contributed by atoms with Gasteiger partial charge in [0.15, 0.2) is 5.65 Å². The molecule has 2 rings (SSSR count). The van der Waals surface area contributed by atoms with Gasteiger partial charge in [0.25, 0.3) is 0 Å². The molecule has 110 valence electrons. The van der Waals surface area contributed by atoms with Gasteiger partial charge in [-0.2, -0.15) is 0 Å². The number of anilines is 1. The van der Waals surface area contributed by atoms with Gasteiger partial charge >= 0.3 is 0 Å². The summed E-state index contributed by atoms with van der Waals surface area (Å²) in [7, 11) is 0. The van der Waals surface area contributed by atoms with Gasteiger partial charge in [-0.3, -0.25) is 0 Å². The zero-order chi connectivity index (χ0) is 14.4. The normalized spacial score (nSPS) is 11.4. The predicted octanol–water partition coefficient (Wildman–Crippen LogP) is 2.60. The van der Waals surface area contributed by atoms with E-state index < -0.39 is 0 Å². The molecule has 5 nitrogen and oxygen atoms in total. The van der Waals surface area contributed by atoms with Crippen LogP contribution in [0.25, 0.3) is 5.65 Å². The molecular formula is C14H23N5S. The summed E-state index contributed by atoms with van der Waals surface area (Å²) in [6, 6.07) is 0. The van der Waals surface area contributed by atoms with Gasteiger partial charge in [-0.25, -0.2) is 9.97 Å². The Balaban J connectivity index is 2.09. The van der Waals surface area contributed by atoms with Gasteiger partial charge in [0.1, 0.15) is 10.8 Å². The molecule has 0 atom stereocenters. The second kappa shape index (κ2) is 7.50. The van der Waals surface area contributed by atoms with Crippen LogP contribution in [0.4, 0.5) is 5.82 Å². The number of hydrogen-bond donors (Lipinski definition) is 1. The largest absolute Gasteiger partial charge is 0.369 e. The average molecular weight is 293 g/mol. The number of imidazole rings is 1. The Labute approximate surface area is 124 Å². The second-order valence-electron chi connectivity index (χ2n) is 4.50. The third-order valence-corrected chi connectivity index (χ3v) is 4.18. The molecule has 6 heteroatoms. The number of hydrogen-bond acceptors (Lipinski definition) is 5. The highest BCUT2D eigenvalue weighted by Gasteiger charge is 2.08. The summed E-state index contributed by atoms with van der Waals surface area (Å²) in [6.45, 7) is 10.6. The second-order valence-corrected chi connectivity index (χ2v) is 5.58. The Hall–Kier alpha value is -1.27. The number of nitrogens with one attached hydrogen (secondary N) is 1. The van der Waals surface area contributed by atoms with Gasteiger partial charge < -0.3 is 14.6 Å². The zero-order valence-corrected chi connectivity index (χ0v) is 13.3. The molecule has 0 saturated heterocycles. The fourth-order valence-electron chi connectivity index (χ4n) is 2.08. The van der Waals surface area contributed by atoms with E-state index in [1.165, 1.54) is 0 Å². The van der Waals surface area contributed by atoms with Crippen molar-refractivity contribution in [2.24, 2.45) is 0 Å². The van der Waals surface area contributed by atoms with E-state index in [-0.39, 0.29) is 0 Å². The average Bonchev–Trinajstić information content (AvgIpc) is 2.92. The van der Waals surface area contributed by atoms with Crippen LogP contribution in [-0.2, 0) is 0 Å². The van der Waals surface area contributed by atoms with Crippen LogP contribution in [0.15, 0.2) is 23.6 Å². The molecule has 2 aromatic rings. The van der Waals surface area contributed by atoms with E-state index in [1.807, 2.05) is 23.0 Å². The van der Waals surface area contributed by atoms with Crippen LogP contribution in [0.2, 0.25) is 0 Å². The van der Waals surface area contributed by atoms with Crippen LogP contribution in [0, 0.1) is 0 Å². The Bertz CT molecular complexity index is 535. The molecule has 1 N–H and O–H groups in total. The molecule has 0 bridgehead atoms. The minimum absolute atomic E-state index is 0.872. The molecule has 0 fully saturated rings. The lowest BCUT2D eigenvalue weighted by Crippen LogP contribution is -2.25. The lowest BCUT2D eigenvalue weighted by molar-refractivity contribution is 0.324. The van der Waals surface area contributed by atoms with Crippen LogP contribution in [0.5, 0.6) is 0 Å². The maximum atomic E-state index is 4.66. The Kier molecular flexibility index (Phi) is 5.67. The molecule has 0 unspecified atom stereocenters. The van der Waals surface area contributed by atoms with E-state index in [0.717, 1.165) is 48.4 Å². The number of rotatable bonds is 8. The van der Waals surface area contributed by atoms with Crippen LogP contribution < -0.4 is 5.32 Å². The number of nitrogens with zero attached hydrogens (tertiary/aromatic N) is 4. The Morgan fingerprint density at radius 2 is 2.10 bits per heavy atom. The zero-order valence-electron chi connectivity index (χ0n) is 12.5. The first-order valence-electron chi connectivity index (χ1n) is 7.21. The van der Waals surface area contributed by atoms with Crippen LogP contribution in [0.3, 0.4) is 0 Å². The third-order valence-electron chi connectivity index (χ3n) is 3.24. The lowest BCUT2D eigenvalue weighted by atomic mass is 10.5. The first-order chi connectivity index (χ1) is 9.78. The van der Waals surface area contributed by atoms with E-state index in [2.05, 4.69) is 41.0 Å². The lowest BCUT2D eigenvalue weighted by Gasteiger charge is -2.17. The molecule has 0 saturated carbocycles. The molecule has 0 aliphatic carbocycles. The maximum Gasteiger partial charge on any atom is 0.169 e. The minimum atomic E-state index is 0.872. The molecule has 0 radical (unpaired) electrons. The van der Waals surface area contributed by atoms with Crippen molar-refractivity contribution in [2.75, 3.05) is 37.2 Å². The molecule has 0 aromatic carbocycles. The fraction of sp³-hybridized carbons (Fsp3) is 0.571. The van der Waals surface area contributed by atoms with Crippen molar-refractivity contribution in [3.05, 3.63) is 18.6 Å². The molecule has 20 heavy (non-hydrogen) atoms. The van der Waals surface area contributed by atoms with E-state index in [1.54, 1.807) is 11.8 Å². The van der Waals surface area contributed by atoms with Crippen molar-refractivity contribution in [2.45, 2.75) is 25.8 Å². The first-order valence-corrected chi connectivity index (χ1v) is 8.19. The van der Waals surface area contributed by atoms with Crippen molar-refractivity contribution < 1.29 is 0 Å².